The summed E-state index contributed by atoms with van der Waals surface area (Å²) in [5, 5.41) is 3.19. The van der Waals surface area contributed by atoms with Crippen LogP contribution in [-0.4, -0.2) is 36.7 Å². The first-order chi connectivity index (χ1) is 9.31. The highest BCUT2D eigenvalue weighted by Crippen LogP contribution is 2.25. The van der Waals surface area contributed by atoms with Crippen molar-refractivity contribution in [2.24, 2.45) is 5.92 Å². The van der Waals surface area contributed by atoms with E-state index < -0.39 is 5.60 Å². The Labute approximate surface area is 121 Å². The molecule has 1 aliphatic carbocycles. The van der Waals surface area contributed by atoms with Crippen LogP contribution >= 0.6 is 0 Å². The van der Waals surface area contributed by atoms with E-state index in [1.807, 2.05) is 27.7 Å². The number of carbonyl (C=O) groups is 2. The third kappa shape index (κ3) is 6.37. The van der Waals surface area contributed by atoms with Gasteiger partial charge in [0.15, 0.2) is 0 Å². The van der Waals surface area contributed by atoms with Gasteiger partial charge < -0.3 is 14.8 Å². The molecule has 5 nitrogen and oxygen atoms in total. The van der Waals surface area contributed by atoms with Gasteiger partial charge >= 0.3 is 11.9 Å². The number of esters is 2. The number of hydrogen-bond donors (Lipinski definition) is 1. The van der Waals surface area contributed by atoms with Crippen LogP contribution in [0.3, 0.4) is 0 Å². The lowest BCUT2D eigenvalue weighted by atomic mass is 9.86. The quantitative estimate of drug-likeness (QED) is 0.783. The molecule has 1 N–H and O–H groups in total. The van der Waals surface area contributed by atoms with Crippen LogP contribution in [-0.2, 0) is 19.1 Å². The maximum Gasteiger partial charge on any atom is 0.320 e. The predicted octanol–water partition coefficient (Wildman–Crippen LogP) is 2.04. The van der Waals surface area contributed by atoms with Crippen LogP contribution in [0.4, 0.5) is 0 Å². The van der Waals surface area contributed by atoms with Crippen molar-refractivity contribution in [3.63, 3.8) is 0 Å². The summed E-state index contributed by atoms with van der Waals surface area (Å²) in [5.74, 6) is -0.410. The minimum Gasteiger partial charge on any atom is -0.466 e. The smallest absolute Gasteiger partial charge is 0.320 e. The Morgan fingerprint density at radius 2 is 1.95 bits per heavy atom. The molecule has 1 saturated carbocycles. The lowest BCUT2D eigenvalue weighted by Crippen LogP contribution is -2.41. The summed E-state index contributed by atoms with van der Waals surface area (Å²) in [5.41, 5.74) is -0.460. The zero-order valence-electron chi connectivity index (χ0n) is 13.0. The molecule has 0 saturated heterocycles. The van der Waals surface area contributed by atoms with Crippen LogP contribution in [0.2, 0.25) is 0 Å². The second-order valence-electron chi connectivity index (χ2n) is 6.28. The number of carbonyl (C=O) groups excluding carboxylic acids is 2. The first kappa shape index (κ1) is 17.0. The van der Waals surface area contributed by atoms with Crippen LogP contribution in [0.15, 0.2) is 0 Å². The molecule has 0 aromatic rings. The van der Waals surface area contributed by atoms with E-state index in [1.54, 1.807) is 0 Å². The van der Waals surface area contributed by atoms with Gasteiger partial charge in [-0.3, -0.25) is 9.59 Å². The van der Waals surface area contributed by atoms with Crippen molar-refractivity contribution in [2.45, 2.75) is 65.0 Å². The van der Waals surface area contributed by atoms with Crippen LogP contribution in [0.25, 0.3) is 0 Å². The van der Waals surface area contributed by atoms with Gasteiger partial charge in [-0.05, 0) is 47.0 Å². The monoisotopic (exact) mass is 285 g/mol. The number of hydrogen-bond acceptors (Lipinski definition) is 5. The molecule has 0 aliphatic heterocycles. The maximum absolute atomic E-state index is 11.7. The number of nitrogens with one attached hydrogen (secondary N) is 1. The highest BCUT2D eigenvalue weighted by molar-refractivity contribution is 5.73. The summed E-state index contributed by atoms with van der Waals surface area (Å²) in [6.07, 6.45) is 3.58. The summed E-state index contributed by atoms with van der Waals surface area (Å²) < 4.78 is 10.3. The standard InChI is InChI=1S/C15H27NO4/c1-5-19-14(18)11-7-6-8-12(9-11)16-10-13(17)20-15(2,3)4/h11-12,16H,5-10H2,1-4H3. The Bertz CT molecular complexity index is 335. The van der Waals surface area contributed by atoms with E-state index in [2.05, 4.69) is 5.32 Å². The van der Waals surface area contributed by atoms with Gasteiger partial charge in [-0.1, -0.05) is 6.42 Å². The Balaban J connectivity index is 2.33. The zero-order valence-corrected chi connectivity index (χ0v) is 13.0. The second-order valence-corrected chi connectivity index (χ2v) is 6.28. The molecule has 2 atom stereocenters. The molecule has 0 spiro atoms. The Morgan fingerprint density at radius 3 is 2.55 bits per heavy atom. The first-order valence-electron chi connectivity index (χ1n) is 7.43. The average molecular weight is 285 g/mol. The van der Waals surface area contributed by atoms with Crippen LogP contribution in [0, 0.1) is 5.92 Å². The fraction of sp³-hybridized carbons (Fsp3) is 0.867. The molecule has 0 aromatic heterocycles. The van der Waals surface area contributed by atoms with Crippen molar-refractivity contribution >= 4 is 11.9 Å². The molecule has 1 rings (SSSR count). The molecule has 2 unspecified atom stereocenters. The van der Waals surface area contributed by atoms with E-state index in [4.69, 9.17) is 9.47 Å². The van der Waals surface area contributed by atoms with Gasteiger partial charge in [0.1, 0.15) is 5.60 Å². The molecule has 116 valence electrons. The molecule has 0 radical (unpaired) electrons. The fourth-order valence-electron chi connectivity index (χ4n) is 2.45. The van der Waals surface area contributed by atoms with Gasteiger partial charge in [0.2, 0.25) is 0 Å². The van der Waals surface area contributed by atoms with Crippen molar-refractivity contribution in [1.29, 1.82) is 0 Å². The van der Waals surface area contributed by atoms with Gasteiger partial charge in [0.05, 0.1) is 19.1 Å². The van der Waals surface area contributed by atoms with Gasteiger partial charge in [0, 0.05) is 6.04 Å². The van der Waals surface area contributed by atoms with E-state index in [9.17, 15) is 9.59 Å². The highest BCUT2D eigenvalue weighted by Gasteiger charge is 2.28. The van der Waals surface area contributed by atoms with E-state index in [1.165, 1.54) is 0 Å². The minimum atomic E-state index is -0.460. The van der Waals surface area contributed by atoms with Crippen molar-refractivity contribution in [2.75, 3.05) is 13.2 Å². The SMILES string of the molecule is CCOC(=O)C1CCCC(NCC(=O)OC(C)(C)C)C1. The molecule has 5 heteroatoms. The number of ether oxygens (including phenoxy) is 2. The van der Waals surface area contributed by atoms with Gasteiger partial charge in [0.25, 0.3) is 0 Å². The average Bonchev–Trinajstić information content (AvgIpc) is 2.35. The first-order valence-corrected chi connectivity index (χ1v) is 7.43. The van der Waals surface area contributed by atoms with Crippen molar-refractivity contribution in [3.8, 4) is 0 Å². The molecule has 1 fully saturated rings. The molecule has 0 amide bonds. The summed E-state index contributed by atoms with van der Waals surface area (Å²) in [7, 11) is 0. The normalized spacial score (nSPS) is 23.2. The lowest BCUT2D eigenvalue weighted by molar-refractivity contribution is -0.153. The Kier molecular flexibility index (Phi) is 6.46. The lowest BCUT2D eigenvalue weighted by Gasteiger charge is -2.28. The molecular weight excluding hydrogens is 258 g/mol. The Morgan fingerprint density at radius 1 is 1.25 bits per heavy atom. The van der Waals surface area contributed by atoms with E-state index in [0.717, 1.165) is 25.7 Å². The van der Waals surface area contributed by atoms with Crippen LogP contribution < -0.4 is 5.32 Å². The highest BCUT2D eigenvalue weighted by atomic mass is 16.6. The molecular formula is C15H27NO4. The maximum atomic E-state index is 11.7. The molecule has 0 bridgehead atoms. The Hall–Kier alpha value is -1.10. The summed E-state index contributed by atoms with van der Waals surface area (Å²) in [6, 6.07) is 0.186. The zero-order chi connectivity index (χ0) is 15.2. The summed E-state index contributed by atoms with van der Waals surface area (Å²) >= 11 is 0. The summed E-state index contributed by atoms with van der Waals surface area (Å²) in [6.45, 7) is 7.98. The fourth-order valence-corrected chi connectivity index (χ4v) is 2.45. The third-order valence-electron chi connectivity index (χ3n) is 3.25. The van der Waals surface area contributed by atoms with E-state index >= 15 is 0 Å². The number of rotatable bonds is 5. The predicted molar refractivity (Wildman–Crippen MR) is 76.2 cm³/mol. The van der Waals surface area contributed by atoms with Gasteiger partial charge in [-0.2, -0.15) is 0 Å². The van der Waals surface area contributed by atoms with E-state index in [0.29, 0.717) is 6.61 Å². The third-order valence-corrected chi connectivity index (χ3v) is 3.25. The van der Waals surface area contributed by atoms with E-state index in [-0.39, 0.29) is 30.4 Å². The molecule has 20 heavy (non-hydrogen) atoms. The van der Waals surface area contributed by atoms with Crippen molar-refractivity contribution in [1.82, 2.24) is 5.32 Å². The second kappa shape index (κ2) is 7.62. The molecule has 1 aliphatic rings. The molecule has 0 aromatic carbocycles. The van der Waals surface area contributed by atoms with Gasteiger partial charge in [-0.15, -0.1) is 0 Å². The summed E-state index contributed by atoms with van der Waals surface area (Å²) in [4.78, 5) is 23.4. The van der Waals surface area contributed by atoms with Crippen LogP contribution in [0.1, 0.15) is 53.4 Å². The topological polar surface area (TPSA) is 64.6 Å². The minimum absolute atomic E-state index is 0.0418. The largest absolute Gasteiger partial charge is 0.466 e. The van der Waals surface area contributed by atoms with Gasteiger partial charge in [-0.25, -0.2) is 0 Å². The molecule has 0 heterocycles. The van der Waals surface area contributed by atoms with Crippen LogP contribution in [0.5, 0.6) is 0 Å². The van der Waals surface area contributed by atoms with Crippen molar-refractivity contribution < 1.29 is 19.1 Å². The van der Waals surface area contributed by atoms with Crippen molar-refractivity contribution in [3.05, 3.63) is 0 Å².